The van der Waals surface area contributed by atoms with E-state index in [-0.39, 0.29) is 18.3 Å². The highest BCUT2D eigenvalue weighted by Gasteiger charge is 2.16. The minimum absolute atomic E-state index is 0.0987. The SMILES string of the molecule is CCOC(CCNCC(C)(C)CCO)OCC. The van der Waals surface area contributed by atoms with Crippen LogP contribution >= 0.6 is 0 Å². The van der Waals surface area contributed by atoms with Gasteiger partial charge in [-0.3, -0.25) is 0 Å². The maximum atomic E-state index is 8.92. The van der Waals surface area contributed by atoms with Crippen molar-refractivity contribution in [1.29, 1.82) is 0 Å². The van der Waals surface area contributed by atoms with E-state index in [2.05, 4.69) is 19.2 Å². The third-order valence-electron chi connectivity index (χ3n) is 2.65. The van der Waals surface area contributed by atoms with Crippen molar-refractivity contribution >= 4 is 0 Å². The van der Waals surface area contributed by atoms with E-state index < -0.39 is 0 Å². The molecule has 4 nitrogen and oxygen atoms in total. The van der Waals surface area contributed by atoms with Gasteiger partial charge in [0.2, 0.25) is 0 Å². The Kier molecular flexibility index (Phi) is 9.74. The van der Waals surface area contributed by atoms with Crippen LogP contribution in [0.1, 0.15) is 40.5 Å². The summed E-state index contributed by atoms with van der Waals surface area (Å²) < 4.78 is 10.9. The van der Waals surface area contributed by atoms with Gasteiger partial charge in [0.15, 0.2) is 6.29 Å². The molecular formula is C13H29NO3. The van der Waals surface area contributed by atoms with E-state index in [1.54, 1.807) is 0 Å². The van der Waals surface area contributed by atoms with Crippen LogP contribution in [-0.4, -0.2) is 44.3 Å². The maximum absolute atomic E-state index is 8.92. The zero-order valence-electron chi connectivity index (χ0n) is 11.8. The van der Waals surface area contributed by atoms with Crippen molar-refractivity contribution < 1.29 is 14.6 Å². The molecule has 0 fully saturated rings. The topological polar surface area (TPSA) is 50.7 Å². The summed E-state index contributed by atoms with van der Waals surface area (Å²) in [6.07, 6.45) is 1.58. The maximum Gasteiger partial charge on any atom is 0.158 e. The van der Waals surface area contributed by atoms with Crippen LogP contribution in [0.5, 0.6) is 0 Å². The fourth-order valence-corrected chi connectivity index (χ4v) is 1.62. The van der Waals surface area contributed by atoms with E-state index in [0.29, 0.717) is 13.2 Å². The predicted molar refractivity (Wildman–Crippen MR) is 70.0 cm³/mol. The van der Waals surface area contributed by atoms with Gasteiger partial charge in [0.1, 0.15) is 0 Å². The standard InChI is InChI=1S/C13H29NO3/c1-5-16-12(17-6-2)7-9-14-11-13(3,4)8-10-15/h12,14-15H,5-11H2,1-4H3. The van der Waals surface area contributed by atoms with E-state index in [9.17, 15) is 0 Å². The molecule has 0 aromatic heterocycles. The van der Waals surface area contributed by atoms with Crippen molar-refractivity contribution in [3.63, 3.8) is 0 Å². The summed E-state index contributed by atoms with van der Waals surface area (Å²) in [5.41, 5.74) is 0.140. The molecule has 0 atom stereocenters. The molecule has 0 aromatic rings. The summed E-state index contributed by atoms with van der Waals surface area (Å²) in [5, 5.41) is 12.3. The molecule has 0 aliphatic carbocycles. The van der Waals surface area contributed by atoms with Crippen molar-refractivity contribution in [3.8, 4) is 0 Å². The molecule has 0 amide bonds. The van der Waals surface area contributed by atoms with Crippen LogP contribution in [0.4, 0.5) is 0 Å². The van der Waals surface area contributed by atoms with Crippen molar-refractivity contribution in [2.24, 2.45) is 5.41 Å². The first-order valence-corrected chi connectivity index (χ1v) is 6.60. The molecule has 0 rings (SSSR count). The molecule has 0 bridgehead atoms. The summed E-state index contributed by atoms with van der Waals surface area (Å²) >= 11 is 0. The quantitative estimate of drug-likeness (QED) is 0.431. The van der Waals surface area contributed by atoms with Crippen molar-refractivity contribution in [2.45, 2.75) is 46.8 Å². The first kappa shape index (κ1) is 16.8. The van der Waals surface area contributed by atoms with Gasteiger partial charge in [0, 0.05) is 32.8 Å². The second-order valence-corrected chi connectivity index (χ2v) is 4.94. The van der Waals surface area contributed by atoms with Gasteiger partial charge in [-0.15, -0.1) is 0 Å². The molecule has 4 heteroatoms. The summed E-state index contributed by atoms with van der Waals surface area (Å²) in [5.74, 6) is 0. The summed E-state index contributed by atoms with van der Waals surface area (Å²) in [6.45, 7) is 11.6. The first-order valence-electron chi connectivity index (χ1n) is 6.60. The Morgan fingerprint density at radius 3 is 2.24 bits per heavy atom. The van der Waals surface area contributed by atoms with Gasteiger partial charge in [-0.2, -0.15) is 0 Å². The smallest absolute Gasteiger partial charge is 0.158 e. The van der Waals surface area contributed by atoms with Crippen LogP contribution in [0.25, 0.3) is 0 Å². The second-order valence-electron chi connectivity index (χ2n) is 4.94. The summed E-state index contributed by atoms with van der Waals surface area (Å²) in [6, 6.07) is 0. The minimum Gasteiger partial charge on any atom is -0.396 e. The van der Waals surface area contributed by atoms with E-state index in [0.717, 1.165) is 25.9 Å². The number of aliphatic hydroxyl groups excluding tert-OH is 1. The van der Waals surface area contributed by atoms with Crippen LogP contribution in [0.3, 0.4) is 0 Å². The molecule has 104 valence electrons. The van der Waals surface area contributed by atoms with Gasteiger partial charge in [-0.1, -0.05) is 13.8 Å². The lowest BCUT2D eigenvalue weighted by atomic mass is 9.90. The largest absolute Gasteiger partial charge is 0.396 e. The highest BCUT2D eigenvalue weighted by Crippen LogP contribution is 2.17. The molecule has 0 aliphatic rings. The Hall–Kier alpha value is -0.160. The van der Waals surface area contributed by atoms with Crippen molar-refractivity contribution in [3.05, 3.63) is 0 Å². The van der Waals surface area contributed by atoms with Gasteiger partial charge in [0.25, 0.3) is 0 Å². The van der Waals surface area contributed by atoms with E-state index in [1.807, 2.05) is 13.8 Å². The fraction of sp³-hybridized carbons (Fsp3) is 1.00. The lowest BCUT2D eigenvalue weighted by Gasteiger charge is -2.24. The monoisotopic (exact) mass is 247 g/mol. The molecule has 0 unspecified atom stereocenters. The van der Waals surface area contributed by atoms with Gasteiger partial charge in [0.05, 0.1) is 0 Å². The molecule has 2 N–H and O–H groups in total. The third-order valence-corrected chi connectivity index (χ3v) is 2.65. The van der Waals surface area contributed by atoms with Crippen molar-refractivity contribution in [2.75, 3.05) is 32.9 Å². The first-order chi connectivity index (χ1) is 8.05. The van der Waals surface area contributed by atoms with Crippen LogP contribution in [0, 0.1) is 5.41 Å². The molecule has 0 spiro atoms. The molecule has 17 heavy (non-hydrogen) atoms. The van der Waals surface area contributed by atoms with Gasteiger partial charge >= 0.3 is 0 Å². The van der Waals surface area contributed by atoms with Crippen LogP contribution in [-0.2, 0) is 9.47 Å². The lowest BCUT2D eigenvalue weighted by molar-refractivity contribution is -0.138. The molecule has 0 aliphatic heterocycles. The van der Waals surface area contributed by atoms with E-state index >= 15 is 0 Å². The van der Waals surface area contributed by atoms with E-state index in [1.165, 1.54) is 0 Å². The predicted octanol–water partition coefficient (Wildman–Crippen LogP) is 1.77. The number of nitrogens with one attached hydrogen (secondary N) is 1. The molecule has 0 saturated carbocycles. The highest BCUT2D eigenvalue weighted by molar-refractivity contribution is 4.71. The average Bonchev–Trinajstić information content (AvgIpc) is 2.25. The molecule has 0 aromatic carbocycles. The summed E-state index contributed by atoms with van der Waals surface area (Å²) in [4.78, 5) is 0. The van der Waals surface area contributed by atoms with Gasteiger partial charge in [-0.25, -0.2) is 0 Å². The number of ether oxygens (including phenoxy) is 2. The van der Waals surface area contributed by atoms with Gasteiger partial charge in [-0.05, 0) is 32.2 Å². The average molecular weight is 247 g/mol. The Balaban J connectivity index is 3.66. The third kappa shape index (κ3) is 9.53. The second kappa shape index (κ2) is 9.83. The molecule has 0 radical (unpaired) electrons. The molecule has 0 heterocycles. The van der Waals surface area contributed by atoms with Crippen LogP contribution in [0.2, 0.25) is 0 Å². The number of rotatable bonds is 11. The van der Waals surface area contributed by atoms with E-state index in [4.69, 9.17) is 14.6 Å². The zero-order chi connectivity index (χ0) is 13.1. The van der Waals surface area contributed by atoms with Crippen LogP contribution in [0.15, 0.2) is 0 Å². The Bertz CT molecular complexity index is 168. The summed E-state index contributed by atoms with van der Waals surface area (Å²) in [7, 11) is 0. The Morgan fingerprint density at radius 1 is 1.18 bits per heavy atom. The Labute approximate surface area is 106 Å². The Morgan fingerprint density at radius 2 is 1.76 bits per heavy atom. The van der Waals surface area contributed by atoms with Crippen LogP contribution < -0.4 is 5.32 Å². The molecule has 0 saturated heterocycles. The van der Waals surface area contributed by atoms with Crippen molar-refractivity contribution in [1.82, 2.24) is 5.32 Å². The zero-order valence-corrected chi connectivity index (χ0v) is 11.8. The lowest BCUT2D eigenvalue weighted by Crippen LogP contribution is -2.33. The number of aliphatic hydroxyl groups is 1. The molecular weight excluding hydrogens is 218 g/mol. The fourth-order valence-electron chi connectivity index (χ4n) is 1.62. The highest BCUT2D eigenvalue weighted by atomic mass is 16.7. The minimum atomic E-state index is -0.0987. The normalized spacial score (nSPS) is 12.4. The number of hydrogen-bond acceptors (Lipinski definition) is 4. The number of hydrogen-bond donors (Lipinski definition) is 2. The van der Waals surface area contributed by atoms with Gasteiger partial charge < -0.3 is 19.9 Å².